The van der Waals surface area contributed by atoms with Crippen molar-refractivity contribution in [2.75, 3.05) is 0 Å². The predicted octanol–water partition coefficient (Wildman–Crippen LogP) is 4.50. The molecule has 24 heavy (non-hydrogen) atoms. The molecule has 0 saturated heterocycles. The van der Waals surface area contributed by atoms with E-state index in [1.165, 1.54) is 4.57 Å². The molecule has 0 bridgehead atoms. The number of hydrogen-bond acceptors (Lipinski definition) is 3. The third-order valence-electron chi connectivity index (χ3n) is 4.04. The number of aryl methyl sites for hydroxylation is 1. The second-order valence-corrected chi connectivity index (χ2v) is 5.68. The van der Waals surface area contributed by atoms with Crippen molar-refractivity contribution in [3.05, 3.63) is 33.6 Å². The van der Waals surface area contributed by atoms with Crippen LogP contribution in [0.3, 0.4) is 0 Å². The first-order valence-corrected chi connectivity index (χ1v) is 7.21. The fourth-order valence-electron chi connectivity index (χ4n) is 2.72. The van der Waals surface area contributed by atoms with Gasteiger partial charge in [0.05, 0.1) is 16.0 Å². The van der Waals surface area contributed by atoms with E-state index >= 15 is 0 Å². The van der Waals surface area contributed by atoms with Crippen molar-refractivity contribution in [3.63, 3.8) is 0 Å². The molecule has 1 aromatic carbocycles. The summed E-state index contributed by atoms with van der Waals surface area (Å²) >= 11 is 0. The van der Waals surface area contributed by atoms with E-state index in [2.05, 4.69) is 4.98 Å². The molecule has 2 aromatic rings. The Morgan fingerprint density at radius 1 is 1.29 bits per heavy atom. The van der Waals surface area contributed by atoms with Crippen molar-refractivity contribution in [2.24, 2.45) is 0 Å². The minimum atomic E-state index is -5.93. The fourth-order valence-corrected chi connectivity index (χ4v) is 2.72. The Hall–Kier alpha value is -2.26. The maximum absolute atomic E-state index is 13.8. The lowest BCUT2D eigenvalue weighted by molar-refractivity contribution is -0.389. The van der Waals surface area contributed by atoms with Gasteiger partial charge in [-0.15, -0.1) is 0 Å². The van der Waals surface area contributed by atoms with E-state index in [0.717, 1.165) is 12.8 Å². The molecule has 0 spiro atoms. The molecule has 0 unspecified atom stereocenters. The highest BCUT2D eigenvalue weighted by Crippen LogP contribution is 2.48. The number of alkyl halides is 5. The summed E-state index contributed by atoms with van der Waals surface area (Å²) < 4.78 is 67.1. The second-order valence-electron chi connectivity index (χ2n) is 5.68. The fraction of sp³-hybridized carbons (Fsp3) is 0.500. The summed E-state index contributed by atoms with van der Waals surface area (Å²) in [7, 11) is 0. The number of nitrogens with zero attached hydrogens (tertiary/aromatic N) is 3. The van der Waals surface area contributed by atoms with Gasteiger partial charge in [0.15, 0.2) is 0 Å². The number of nitro groups is 1. The number of rotatable bonds is 4. The van der Waals surface area contributed by atoms with E-state index in [4.69, 9.17) is 0 Å². The van der Waals surface area contributed by atoms with Crippen molar-refractivity contribution in [2.45, 2.75) is 44.3 Å². The SMILES string of the molecule is CCn1c(C2CC2)nc2cc([N+](=O)[O-])c(C(F)(F)C(F)(F)F)cc21. The molecule has 1 saturated carbocycles. The van der Waals surface area contributed by atoms with Crippen molar-refractivity contribution < 1.29 is 26.9 Å². The maximum atomic E-state index is 13.8. The monoisotopic (exact) mass is 349 g/mol. The summed E-state index contributed by atoms with van der Waals surface area (Å²) in [4.78, 5) is 14.0. The predicted molar refractivity (Wildman–Crippen MR) is 74.0 cm³/mol. The van der Waals surface area contributed by atoms with Gasteiger partial charge in [-0.05, 0) is 25.8 Å². The normalized spacial score (nSPS) is 15.9. The van der Waals surface area contributed by atoms with Crippen LogP contribution in [0.4, 0.5) is 27.6 Å². The maximum Gasteiger partial charge on any atom is 0.458 e. The minimum Gasteiger partial charge on any atom is -0.328 e. The molecule has 0 amide bonds. The van der Waals surface area contributed by atoms with E-state index in [-0.39, 0.29) is 17.0 Å². The lowest BCUT2D eigenvalue weighted by atomic mass is 10.0. The van der Waals surface area contributed by atoms with Crippen LogP contribution in [-0.4, -0.2) is 20.7 Å². The van der Waals surface area contributed by atoms with E-state index in [0.29, 0.717) is 24.5 Å². The van der Waals surface area contributed by atoms with E-state index < -0.39 is 28.3 Å². The Balaban J connectivity index is 2.31. The van der Waals surface area contributed by atoms with Crippen molar-refractivity contribution >= 4 is 16.7 Å². The summed E-state index contributed by atoms with van der Waals surface area (Å²) in [5.41, 5.74) is -2.85. The molecule has 0 atom stereocenters. The zero-order valence-corrected chi connectivity index (χ0v) is 12.4. The highest BCUT2D eigenvalue weighted by atomic mass is 19.4. The Morgan fingerprint density at radius 3 is 2.38 bits per heavy atom. The van der Waals surface area contributed by atoms with Gasteiger partial charge in [-0.3, -0.25) is 10.1 Å². The van der Waals surface area contributed by atoms with Gasteiger partial charge in [-0.1, -0.05) is 0 Å². The lowest BCUT2D eigenvalue weighted by Crippen LogP contribution is -2.34. The molecule has 5 nitrogen and oxygen atoms in total. The molecular weight excluding hydrogens is 337 g/mol. The lowest BCUT2D eigenvalue weighted by Gasteiger charge is -2.20. The summed E-state index contributed by atoms with van der Waals surface area (Å²) in [5, 5.41) is 11.0. The molecule has 130 valence electrons. The van der Waals surface area contributed by atoms with Crippen LogP contribution in [0.15, 0.2) is 12.1 Å². The van der Waals surface area contributed by atoms with Crippen molar-refractivity contribution in [1.29, 1.82) is 0 Å². The smallest absolute Gasteiger partial charge is 0.328 e. The zero-order valence-electron chi connectivity index (χ0n) is 12.4. The van der Waals surface area contributed by atoms with E-state index in [9.17, 15) is 32.1 Å². The van der Waals surface area contributed by atoms with Crippen LogP contribution in [0.25, 0.3) is 11.0 Å². The number of benzene rings is 1. The van der Waals surface area contributed by atoms with Gasteiger partial charge in [0.2, 0.25) is 0 Å². The molecule has 1 aliphatic rings. The first kappa shape index (κ1) is 16.6. The summed E-state index contributed by atoms with van der Waals surface area (Å²) in [5.74, 6) is -4.65. The zero-order chi connectivity index (χ0) is 17.9. The molecular formula is C14H12F5N3O2. The number of nitro benzene ring substituents is 1. The average molecular weight is 349 g/mol. The largest absolute Gasteiger partial charge is 0.458 e. The molecule has 1 heterocycles. The molecule has 0 N–H and O–H groups in total. The molecule has 10 heteroatoms. The first-order valence-electron chi connectivity index (χ1n) is 7.21. The number of hydrogen-bond donors (Lipinski definition) is 0. The van der Waals surface area contributed by atoms with Crippen LogP contribution in [0.1, 0.15) is 37.1 Å². The number of imidazole rings is 1. The van der Waals surface area contributed by atoms with Crippen LogP contribution in [0, 0.1) is 10.1 Å². The molecule has 3 rings (SSSR count). The molecule has 1 aromatic heterocycles. The second kappa shape index (κ2) is 5.12. The number of halogens is 5. The molecule has 0 aliphatic heterocycles. The van der Waals surface area contributed by atoms with Gasteiger partial charge in [0.1, 0.15) is 11.4 Å². The molecule has 0 radical (unpaired) electrons. The third kappa shape index (κ3) is 2.40. The average Bonchev–Trinajstić information content (AvgIpc) is 3.25. The standard InChI is InChI=1S/C14H12F5N3O2/c1-2-21-11-5-8(13(15,16)14(17,18)19)10(22(23)24)6-9(11)20-12(21)7-3-4-7/h5-7H,2-4H2,1H3. The van der Waals surface area contributed by atoms with Gasteiger partial charge in [-0.2, -0.15) is 22.0 Å². The summed E-state index contributed by atoms with van der Waals surface area (Å²) in [6.45, 7) is 2.02. The van der Waals surface area contributed by atoms with E-state index in [1.54, 1.807) is 6.92 Å². The number of fused-ring (bicyclic) bond motifs is 1. The van der Waals surface area contributed by atoms with Crippen LogP contribution in [0.5, 0.6) is 0 Å². The van der Waals surface area contributed by atoms with Crippen LogP contribution >= 0.6 is 0 Å². The third-order valence-corrected chi connectivity index (χ3v) is 4.04. The van der Waals surface area contributed by atoms with Crippen molar-refractivity contribution in [3.8, 4) is 0 Å². The summed E-state index contributed by atoms with van der Waals surface area (Å²) in [6.07, 6.45) is -4.24. The Morgan fingerprint density at radius 2 is 1.92 bits per heavy atom. The quantitative estimate of drug-likeness (QED) is 0.464. The van der Waals surface area contributed by atoms with Crippen LogP contribution in [0.2, 0.25) is 0 Å². The van der Waals surface area contributed by atoms with E-state index in [1.807, 2.05) is 0 Å². The minimum absolute atomic E-state index is 0.0453. The van der Waals surface area contributed by atoms with Crippen LogP contribution < -0.4 is 0 Å². The van der Waals surface area contributed by atoms with Gasteiger partial charge in [0, 0.05) is 18.5 Å². The highest BCUT2D eigenvalue weighted by Gasteiger charge is 2.61. The molecule has 1 fully saturated rings. The Bertz CT molecular complexity index is 824. The van der Waals surface area contributed by atoms with Crippen molar-refractivity contribution in [1.82, 2.24) is 9.55 Å². The van der Waals surface area contributed by atoms with Gasteiger partial charge in [-0.25, -0.2) is 4.98 Å². The van der Waals surface area contributed by atoms with Gasteiger partial charge >= 0.3 is 12.1 Å². The Kier molecular flexibility index (Phi) is 3.54. The van der Waals surface area contributed by atoms with Crippen LogP contribution in [-0.2, 0) is 12.5 Å². The van der Waals surface area contributed by atoms with Gasteiger partial charge in [0.25, 0.3) is 5.69 Å². The number of aromatic nitrogens is 2. The first-order chi connectivity index (χ1) is 11.1. The Labute approximate surface area is 132 Å². The topological polar surface area (TPSA) is 61.0 Å². The summed E-state index contributed by atoms with van der Waals surface area (Å²) in [6, 6.07) is 1.24. The highest BCUT2D eigenvalue weighted by molar-refractivity contribution is 5.81. The van der Waals surface area contributed by atoms with Gasteiger partial charge < -0.3 is 4.57 Å². The molecule has 1 aliphatic carbocycles.